The first kappa shape index (κ1) is 11.1. The van der Waals surface area contributed by atoms with Crippen LogP contribution in [-0.2, 0) is 14.3 Å². The van der Waals surface area contributed by atoms with Gasteiger partial charge in [-0.25, -0.2) is 9.45 Å². The molecule has 0 aliphatic carbocycles. The van der Waals surface area contributed by atoms with E-state index in [1.807, 2.05) is 13.1 Å². The number of isocyanates is 1. The van der Waals surface area contributed by atoms with Crippen LogP contribution in [0.5, 0.6) is 0 Å². The van der Waals surface area contributed by atoms with Crippen LogP contribution in [0.15, 0.2) is 4.66 Å². The third-order valence-electron chi connectivity index (χ3n) is 1.37. The fourth-order valence-corrected chi connectivity index (χ4v) is 1.58. The topological polar surface area (TPSA) is 55.7 Å². The molecule has 0 atom stereocenters. The van der Waals surface area contributed by atoms with Crippen LogP contribution >= 0.6 is 0 Å². The minimum atomic E-state index is -1.85. The number of ether oxygens (including phenoxy) is 1. The van der Waals surface area contributed by atoms with E-state index in [-0.39, 0.29) is 5.97 Å². The average Bonchev–Trinajstić information content (AvgIpc) is 1.85. The summed E-state index contributed by atoms with van der Waals surface area (Å²) in [6, 6.07) is 0.668. The van der Waals surface area contributed by atoms with Crippen molar-refractivity contribution in [3.8, 4) is 0 Å². The van der Waals surface area contributed by atoms with Crippen molar-refractivity contribution < 1.29 is 14.3 Å². The number of carbonyl (C=O) groups excluding carboxylic acids is 2. The Labute approximate surface area is 72.7 Å². The van der Waals surface area contributed by atoms with E-state index in [1.165, 1.54) is 6.92 Å². The minimum absolute atomic E-state index is 0.296. The lowest BCUT2D eigenvalue weighted by Gasteiger charge is -2.12. The van der Waals surface area contributed by atoms with Gasteiger partial charge in [0.15, 0.2) is 8.24 Å². The molecule has 5 heteroatoms. The van der Waals surface area contributed by atoms with E-state index >= 15 is 0 Å². The second kappa shape index (κ2) is 4.85. The summed E-state index contributed by atoms with van der Waals surface area (Å²) in [7, 11) is -1.85. The normalized spacial score (nSPS) is 10.2. The number of hydrogen-bond acceptors (Lipinski definition) is 4. The standard InChI is InChI=1S/C7H13NO3Si/c1-7(10)11-4-5-12(2,3)8-6-9/h4-5H2,1-3H3. The molecule has 0 saturated heterocycles. The quantitative estimate of drug-likeness (QED) is 0.286. The van der Waals surface area contributed by atoms with Gasteiger partial charge < -0.3 is 4.74 Å². The lowest BCUT2D eigenvalue weighted by molar-refractivity contribution is -0.140. The molecule has 0 aromatic rings. The van der Waals surface area contributed by atoms with Gasteiger partial charge in [-0.2, -0.15) is 0 Å². The highest BCUT2D eigenvalue weighted by Gasteiger charge is 2.20. The van der Waals surface area contributed by atoms with Crippen LogP contribution in [0.2, 0.25) is 19.1 Å². The molecule has 0 aromatic heterocycles. The van der Waals surface area contributed by atoms with Gasteiger partial charge in [0, 0.05) is 6.92 Å². The molecule has 0 unspecified atom stereocenters. The molecule has 0 aromatic carbocycles. The summed E-state index contributed by atoms with van der Waals surface area (Å²) in [5.41, 5.74) is 0. The van der Waals surface area contributed by atoms with E-state index in [2.05, 4.69) is 4.66 Å². The van der Waals surface area contributed by atoms with Crippen molar-refractivity contribution in [3.05, 3.63) is 0 Å². The highest BCUT2D eigenvalue weighted by atomic mass is 28.3. The molecule has 0 fully saturated rings. The maximum Gasteiger partial charge on any atom is 0.302 e. The van der Waals surface area contributed by atoms with E-state index in [4.69, 9.17) is 4.74 Å². The van der Waals surface area contributed by atoms with Crippen molar-refractivity contribution >= 4 is 20.3 Å². The third-order valence-corrected chi connectivity index (χ3v) is 3.49. The Hall–Kier alpha value is -0.933. The fourth-order valence-electron chi connectivity index (χ4n) is 0.624. The zero-order valence-corrected chi connectivity index (χ0v) is 8.59. The Morgan fingerprint density at radius 2 is 2.17 bits per heavy atom. The number of carbonyl (C=O) groups is 1. The van der Waals surface area contributed by atoms with Crippen LogP contribution in [0, 0.1) is 0 Å². The van der Waals surface area contributed by atoms with Gasteiger partial charge >= 0.3 is 5.97 Å². The Bertz CT molecular complexity index is 209. The van der Waals surface area contributed by atoms with Crippen LogP contribution in [0.4, 0.5) is 0 Å². The summed E-state index contributed by atoms with van der Waals surface area (Å²) < 4.78 is 8.43. The lowest BCUT2D eigenvalue weighted by atomic mass is 10.8. The average molecular weight is 187 g/mol. The Kier molecular flexibility index (Phi) is 4.47. The molecule has 12 heavy (non-hydrogen) atoms. The summed E-state index contributed by atoms with van der Waals surface area (Å²) in [6.45, 7) is 5.54. The van der Waals surface area contributed by atoms with E-state index < -0.39 is 8.24 Å². The predicted octanol–water partition coefficient (Wildman–Crippen LogP) is 1.09. The molecule has 0 N–H and O–H groups in total. The zero-order chi connectivity index (χ0) is 9.61. The van der Waals surface area contributed by atoms with Gasteiger partial charge in [-0.3, -0.25) is 4.79 Å². The third kappa shape index (κ3) is 5.82. The molecule has 0 radical (unpaired) electrons. The van der Waals surface area contributed by atoms with Gasteiger partial charge in [0.05, 0.1) is 6.61 Å². The van der Waals surface area contributed by atoms with E-state index in [9.17, 15) is 9.59 Å². The number of nitrogens with zero attached hydrogens (tertiary/aromatic N) is 1. The van der Waals surface area contributed by atoms with Gasteiger partial charge in [0.1, 0.15) is 0 Å². The predicted molar refractivity (Wildman–Crippen MR) is 47.0 cm³/mol. The molecule has 0 heterocycles. The summed E-state index contributed by atoms with van der Waals surface area (Å²) in [5.74, 6) is -0.296. The Balaban J connectivity index is 3.75. The van der Waals surface area contributed by atoms with Gasteiger partial charge in [0.25, 0.3) is 0 Å². The molecule has 0 amide bonds. The summed E-state index contributed by atoms with van der Waals surface area (Å²) in [4.78, 5) is 20.3. The second-order valence-corrected chi connectivity index (χ2v) is 7.45. The summed E-state index contributed by atoms with van der Waals surface area (Å²) >= 11 is 0. The molecule has 68 valence electrons. The molecular formula is C7H13NO3Si. The van der Waals surface area contributed by atoms with Crippen LogP contribution in [0.25, 0.3) is 0 Å². The highest BCUT2D eigenvalue weighted by Crippen LogP contribution is 2.09. The first-order valence-corrected chi connectivity index (χ1v) is 6.86. The van der Waals surface area contributed by atoms with Gasteiger partial charge in [0.2, 0.25) is 6.08 Å². The van der Waals surface area contributed by atoms with Crippen LogP contribution < -0.4 is 0 Å². The van der Waals surface area contributed by atoms with Crippen molar-refractivity contribution in [3.63, 3.8) is 0 Å². The summed E-state index contributed by atoms with van der Waals surface area (Å²) in [6.07, 6.45) is 1.54. The monoisotopic (exact) mass is 187 g/mol. The summed E-state index contributed by atoms with van der Waals surface area (Å²) in [5, 5.41) is 0. The smallest absolute Gasteiger partial charge is 0.302 e. The Morgan fingerprint density at radius 1 is 1.58 bits per heavy atom. The van der Waals surface area contributed by atoms with Crippen molar-refractivity contribution in [2.45, 2.75) is 26.1 Å². The van der Waals surface area contributed by atoms with Crippen molar-refractivity contribution in [1.82, 2.24) is 0 Å². The van der Waals surface area contributed by atoms with Crippen molar-refractivity contribution in [1.29, 1.82) is 0 Å². The van der Waals surface area contributed by atoms with Crippen LogP contribution in [0.3, 0.4) is 0 Å². The zero-order valence-electron chi connectivity index (χ0n) is 7.59. The van der Waals surface area contributed by atoms with Gasteiger partial charge in [-0.05, 0) is 19.1 Å². The van der Waals surface area contributed by atoms with Crippen LogP contribution in [-0.4, -0.2) is 26.9 Å². The minimum Gasteiger partial charge on any atom is -0.466 e. The second-order valence-electron chi connectivity index (χ2n) is 3.11. The lowest BCUT2D eigenvalue weighted by Crippen LogP contribution is -2.24. The molecule has 0 saturated carbocycles. The highest BCUT2D eigenvalue weighted by molar-refractivity contribution is 6.76. The maximum absolute atomic E-state index is 10.4. The first-order valence-electron chi connectivity index (χ1n) is 3.70. The SMILES string of the molecule is CC(=O)OCC[Si](C)(C)N=C=O. The maximum atomic E-state index is 10.4. The van der Waals surface area contributed by atoms with E-state index in [0.29, 0.717) is 12.7 Å². The molecule has 0 bridgehead atoms. The first-order chi connectivity index (χ1) is 5.48. The molecular weight excluding hydrogens is 174 g/mol. The molecule has 4 nitrogen and oxygen atoms in total. The largest absolute Gasteiger partial charge is 0.466 e. The van der Waals surface area contributed by atoms with E-state index in [0.717, 1.165) is 0 Å². The van der Waals surface area contributed by atoms with Gasteiger partial charge in [-0.15, -0.1) is 0 Å². The molecule has 0 aliphatic rings. The number of rotatable bonds is 4. The molecule has 0 spiro atoms. The van der Waals surface area contributed by atoms with Crippen molar-refractivity contribution in [2.75, 3.05) is 6.61 Å². The van der Waals surface area contributed by atoms with Gasteiger partial charge in [-0.1, -0.05) is 0 Å². The van der Waals surface area contributed by atoms with Crippen molar-refractivity contribution in [2.24, 2.45) is 4.66 Å². The van der Waals surface area contributed by atoms with E-state index in [1.54, 1.807) is 6.08 Å². The molecule has 0 aliphatic heterocycles. The number of hydrogen-bond donors (Lipinski definition) is 0. The Morgan fingerprint density at radius 3 is 2.58 bits per heavy atom. The number of esters is 1. The van der Waals surface area contributed by atoms with Crippen LogP contribution in [0.1, 0.15) is 6.92 Å². The fraction of sp³-hybridized carbons (Fsp3) is 0.714. The molecule has 0 rings (SSSR count).